The number of carbonyl (C=O) groups excluding carboxylic acids is 3. The minimum atomic E-state index is -0.718. The molecule has 0 aromatic rings. The Bertz CT molecular complexity index is 811. The second kappa shape index (κ2) is 5.01. The first-order chi connectivity index (χ1) is 11.1. The van der Waals surface area contributed by atoms with E-state index in [1.165, 1.54) is 6.08 Å². The third kappa shape index (κ3) is 2.02. The average molecular weight is 324 g/mol. The highest BCUT2D eigenvalue weighted by molar-refractivity contribution is 6.24. The van der Waals surface area contributed by atoms with E-state index in [0.717, 1.165) is 18.4 Å². The summed E-state index contributed by atoms with van der Waals surface area (Å²) in [6.45, 7) is 5.82. The van der Waals surface area contributed by atoms with Crippen molar-refractivity contribution in [2.24, 2.45) is 28.4 Å². The summed E-state index contributed by atoms with van der Waals surface area (Å²) in [6, 6.07) is 2.00. The Morgan fingerprint density at radius 1 is 1.33 bits per heavy atom. The van der Waals surface area contributed by atoms with Gasteiger partial charge in [0.05, 0.1) is 11.1 Å². The Labute approximate surface area is 140 Å². The van der Waals surface area contributed by atoms with Crippen LogP contribution in [0, 0.1) is 34.0 Å². The molecule has 1 amide bonds. The number of amides is 1. The van der Waals surface area contributed by atoms with Gasteiger partial charge in [-0.1, -0.05) is 32.9 Å². The fourth-order valence-corrected chi connectivity index (χ4v) is 4.81. The molecule has 5 nitrogen and oxygen atoms in total. The molecule has 0 aromatic heterocycles. The molecule has 0 bridgehead atoms. The summed E-state index contributed by atoms with van der Waals surface area (Å²) in [6.07, 6.45) is 6.41. The second-order valence-corrected chi connectivity index (χ2v) is 7.51. The van der Waals surface area contributed by atoms with E-state index in [2.05, 4.69) is 0 Å². The first kappa shape index (κ1) is 16.4. The molecular weight excluding hydrogens is 304 g/mol. The van der Waals surface area contributed by atoms with E-state index < -0.39 is 22.5 Å². The van der Waals surface area contributed by atoms with Gasteiger partial charge in [0.25, 0.3) is 5.91 Å². The van der Waals surface area contributed by atoms with E-state index in [1.807, 2.05) is 26.8 Å². The van der Waals surface area contributed by atoms with Crippen molar-refractivity contribution in [1.82, 2.24) is 0 Å². The van der Waals surface area contributed by atoms with E-state index in [0.29, 0.717) is 0 Å². The molecule has 1 saturated carbocycles. The summed E-state index contributed by atoms with van der Waals surface area (Å²) in [5, 5.41) is 9.31. The van der Waals surface area contributed by atoms with Crippen molar-refractivity contribution >= 4 is 17.5 Å². The third-order valence-electron chi connectivity index (χ3n) is 6.06. The lowest BCUT2D eigenvalue weighted by Gasteiger charge is -2.54. The van der Waals surface area contributed by atoms with Crippen LogP contribution < -0.4 is 5.73 Å². The molecule has 4 atom stereocenters. The van der Waals surface area contributed by atoms with Crippen molar-refractivity contribution in [2.75, 3.05) is 0 Å². The predicted octanol–water partition coefficient (Wildman–Crippen LogP) is 2.00. The number of ketones is 2. The predicted molar refractivity (Wildman–Crippen MR) is 87.2 cm³/mol. The van der Waals surface area contributed by atoms with Gasteiger partial charge in [0.1, 0.15) is 6.07 Å². The minimum Gasteiger partial charge on any atom is -0.365 e. The molecule has 0 saturated heterocycles. The third-order valence-corrected chi connectivity index (χ3v) is 6.06. The number of carbonyl (C=O) groups is 3. The number of nitriles is 1. The average Bonchev–Trinajstić information content (AvgIpc) is 2.52. The zero-order chi connectivity index (χ0) is 17.9. The topological polar surface area (TPSA) is 101 Å². The lowest BCUT2D eigenvalue weighted by Crippen LogP contribution is -2.49. The smallest absolute Gasteiger partial charge is 0.252 e. The zero-order valence-corrected chi connectivity index (χ0v) is 14.1. The van der Waals surface area contributed by atoms with E-state index in [1.54, 1.807) is 12.2 Å². The van der Waals surface area contributed by atoms with Crippen LogP contribution in [0.2, 0.25) is 0 Å². The molecule has 3 aliphatic carbocycles. The van der Waals surface area contributed by atoms with E-state index >= 15 is 0 Å². The van der Waals surface area contributed by atoms with Gasteiger partial charge in [-0.05, 0) is 30.4 Å². The molecule has 124 valence electrons. The molecule has 0 aromatic carbocycles. The second-order valence-electron chi connectivity index (χ2n) is 7.51. The summed E-state index contributed by atoms with van der Waals surface area (Å²) in [5.74, 6) is -1.47. The van der Waals surface area contributed by atoms with Crippen LogP contribution in [-0.2, 0) is 14.4 Å². The van der Waals surface area contributed by atoms with Crippen molar-refractivity contribution in [1.29, 1.82) is 5.26 Å². The lowest BCUT2D eigenvalue weighted by atomic mass is 9.49. The Hall–Kier alpha value is -2.48. The Balaban J connectivity index is 2.20. The summed E-state index contributed by atoms with van der Waals surface area (Å²) in [7, 11) is 0. The van der Waals surface area contributed by atoms with Gasteiger partial charge in [-0.3, -0.25) is 14.4 Å². The number of nitrogens with zero attached hydrogens (tertiary/aromatic N) is 1. The van der Waals surface area contributed by atoms with Crippen LogP contribution in [-0.4, -0.2) is 17.5 Å². The Kier molecular flexibility index (Phi) is 3.42. The number of fused-ring (bicyclic) bond motifs is 3. The number of nitrogens with two attached hydrogens (primary N) is 1. The van der Waals surface area contributed by atoms with Gasteiger partial charge in [0, 0.05) is 16.7 Å². The number of Topliss-reactive ketones (excluding diaryl/α,β-unsaturated/α-hetero) is 1. The molecule has 2 N–H and O–H groups in total. The molecule has 24 heavy (non-hydrogen) atoms. The first-order valence-corrected chi connectivity index (χ1v) is 8.11. The van der Waals surface area contributed by atoms with Crippen LogP contribution in [0.15, 0.2) is 34.9 Å². The highest BCUT2D eigenvalue weighted by Crippen LogP contribution is 2.60. The number of hydrogen-bond acceptors (Lipinski definition) is 4. The maximum absolute atomic E-state index is 12.3. The van der Waals surface area contributed by atoms with Gasteiger partial charge in [-0.15, -0.1) is 0 Å². The zero-order valence-electron chi connectivity index (χ0n) is 14.1. The number of primary amides is 1. The van der Waals surface area contributed by atoms with Gasteiger partial charge in [-0.25, -0.2) is 0 Å². The van der Waals surface area contributed by atoms with Crippen LogP contribution in [0.5, 0.6) is 0 Å². The molecular formula is C19H20N2O3. The summed E-state index contributed by atoms with van der Waals surface area (Å²) in [4.78, 5) is 36.2. The molecule has 0 radical (unpaired) electrons. The van der Waals surface area contributed by atoms with Crippen molar-refractivity contribution in [3.05, 3.63) is 34.9 Å². The highest BCUT2D eigenvalue weighted by Gasteiger charge is 2.54. The van der Waals surface area contributed by atoms with Crippen LogP contribution in [0.3, 0.4) is 0 Å². The maximum Gasteiger partial charge on any atom is 0.252 e. The van der Waals surface area contributed by atoms with Gasteiger partial charge < -0.3 is 5.73 Å². The fraction of sp³-hybridized carbons (Fsp3) is 0.474. The molecule has 0 aliphatic heterocycles. The summed E-state index contributed by atoms with van der Waals surface area (Å²) in [5.41, 5.74) is 5.35. The Morgan fingerprint density at radius 2 is 2.00 bits per heavy atom. The first-order valence-electron chi connectivity index (χ1n) is 8.11. The SMILES string of the molecule is C[C@H]1C(=O)C(C#N)=C[C@]2(C)C3=CC(=O)C(C(N)=O)=C[C@]3(C)CCC12. The van der Waals surface area contributed by atoms with Crippen molar-refractivity contribution in [2.45, 2.75) is 33.6 Å². The van der Waals surface area contributed by atoms with Crippen molar-refractivity contribution < 1.29 is 14.4 Å². The monoisotopic (exact) mass is 324 g/mol. The van der Waals surface area contributed by atoms with Crippen LogP contribution >= 0.6 is 0 Å². The molecule has 1 fully saturated rings. The van der Waals surface area contributed by atoms with Crippen LogP contribution in [0.4, 0.5) is 0 Å². The summed E-state index contributed by atoms with van der Waals surface area (Å²) < 4.78 is 0. The van der Waals surface area contributed by atoms with E-state index in [4.69, 9.17) is 5.73 Å². The van der Waals surface area contributed by atoms with Gasteiger partial charge >= 0.3 is 0 Å². The standard InChI is InChI=1S/C19H20N2O3/c1-10-13-4-5-18(2)8-12(17(21)24)14(22)6-15(18)19(13,3)7-11(9-20)16(10)23/h6-8,10,13H,4-5H2,1-3H3,(H2,21,24)/t10-,13?,18+,19+/m1/s1. The highest BCUT2D eigenvalue weighted by atomic mass is 16.2. The number of hydrogen-bond donors (Lipinski definition) is 1. The molecule has 1 unspecified atom stereocenters. The Morgan fingerprint density at radius 3 is 2.58 bits per heavy atom. The van der Waals surface area contributed by atoms with Gasteiger partial charge in [-0.2, -0.15) is 5.26 Å². The van der Waals surface area contributed by atoms with Crippen molar-refractivity contribution in [3.8, 4) is 6.07 Å². The molecule has 3 aliphatic rings. The van der Waals surface area contributed by atoms with Crippen LogP contribution in [0.25, 0.3) is 0 Å². The molecule has 3 rings (SSSR count). The van der Waals surface area contributed by atoms with Gasteiger partial charge in [0.2, 0.25) is 0 Å². The lowest BCUT2D eigenvalue weighted by molar-refractivity contribution is -0.122. The minimum absolute atomic E-state index is 0.0210. The largest absolute Gasteiger partial charge is 0.365 e. The van der Waals surface area contributed by atoms with E-state index in [9.17, 15) is 19.6 Å². The number of rotatable bonds is 1. The molecule has 0 heterocycles. The maximum atomic E-state index is 12.3. The quantitative estimate of drug-likeness (QED) is 0.745. The normalized spacial score (nSPS) is 38.2. The van der Waals surface area contributed by atoms with Gasteiger partial charge in [0.15, 0.2) is 11.6 Å². The van der Waals surface area contributed by atoms with Crippen LogP contribution in [0.1, 0.15) is 33.6 Å². The molecule has 5 heteroatoms. The molecule has 0 spiro atoms. The fourth-order valence-electron chi connectivity index (χ4n) is 4.81. The number of allylic oxidation sites excluding steroid dienone is 5. The van der Waals surface area contributed by atoms with Crippen molar-refractivity contribution in [3.63, 3.8) is 0 Å². The van der Waals surface area contributed by atoms with E-state index in [-0.39, 0.29) is 28.8 Å². The summed E-state index contributed by atoms with van der Waals surface area (Å²) >= 11 is 0.